The summed E-state index contributed by atoms with van der Waals surface area (Å²) in [5.74, 6) is 0.956. The van der Waals surface area contributed by atoms with E-state index < -0.39 is 97.5 Å². The minimum Gasteiger partial charge on any atom is -0.462 e. The first-order valence-electron chi connectivity index (χ1n) is 39.8. The molecule has 0 saturated heterocycles. The molecule has 0 heterocycles. The lowest BCUT2D eigenvalue weighted by Gasteiger charge is -2.21. The van der Waals surface area contributed by atoms with E-state index >= 15 is 0 Å². The van der Waals surface area contributed by atoms with Gasteiger partial charge < -0.3 is 33.8 Å². The summed E-state index contributed by atoms with van der Waals surface area (Å²) in [6.45, 7) is 14.2. The predicted octanol–water partition coefficient (Wildman–Crippen LogP) is 22.4. The molecule has 0 radical (unpaired) electrons. The van der Waals surface area contributed by atoms with Crippen molar-refractivity contribution in [3.8, 4) is 0 Å². The normalized spacial score (nSPS) is 14.7. The van der Waals surface area contributed by atoms with E-state index in [1.165, 1.54) is 186 Å². The Kier molecular flexibility index (Phi) is 65.0. The summed E-state index contributed by atoms with van der Waals surface area (Å²) < 4.78 is 68.5. The molecule has 0 aromatic rings. The molecule has 3 N–H and O–H groups in total. The third kappa shape index (κ3) is 67.9. The van der Waals surface area contributed by atoms with Crippen molar-refractivity contribution in [1.29, 1.82) is 0 Å². The molecule has 0 spiro atoms. The van der Waals surface area contributed by atoms with E-state index in [1.54, 1.807) is 0 Å². The van der Waals surface area contributed by atoms with Crippen LogP contribution in [0.25, 0.3) is 0 Å². The fourth-order valence-electron chi connectivity index (χ4n) is 11.7. The number of hydrogen-bond donors (Lipinski definition) is 3. The van der Waals surface area contributed by atoms with Crippen LogP contribution in [0.15, 0.2) is 0 Å². The smallest absolute Gasteiger partial charge is 0.462 e. The van der Waals surface area contributed by atoms with Crippen molar-refractivity contribution in [3.63, 3.8) is 0 Å². The molecule has 0 aliphatic heterocycles. The molecular formula is C77H150O17P2. The van der Waals surface area contributed by atoms with Crippen LogP contribution < -0.4 is 0 Å². The van der Waals surface area contributed by atoms with Gasteiger partial charge in [-0.05, 0) is 49.4 Å². The summed E-state index contributed by atoms with van der Waals surface area (Å²) in [7, 11) is -9.91. The number of esters is 4. The lowest BCUT2D eigenvalue weighted by molar-refractivity contribution is -0.161. The maximum atomic E-state index is 13.1. The summed E-state index contributed by atoms with van der Waals surface area (Å²) in [5, 5.41) is 10.6. The lowest BCUT2D eigenvalue weighted by Crippen LogP contribution is -2.30. The van der Waals surface area contributed by atoms with Crippen molar-refractivity contribution >= 4 is 39.5 Å². The van der Waals surface area contributed by atoms with Gasteiger partial charge in [-0.25, -0.2) is 9.13 Å². The molecule has 0 aliphatic carbocycles. The topological polar surface area (TPSA) is 237 Å². The molecule has 0 saturated carbocycles. The van der Waals surface area contributed by atoms with E-state index in [4.69, 9.17) is 37.0 Å². The minimum absolute atomic E-state index is 0.103. The third-order valence-corrected chi connectivity index (χ3v) is 20.4. The number of aliphatic hydroxyl groups excluding tert-OH is 1. The SMILES string of the molecule is CCC(C)CCCCCCCCCCCCCCCCC(=O)OC[C@H](COP(=O)(O)OC[C@@H](O)COP(=O)(O)OC[C@@H](COC(=O)CCCCCCCCC(C)CC)OC(=O)CCCCCCCCCCCCCCCCCC(C)C)OC(=O)CCCCCCCCCC(C)C. The maximum Gasteiger partial charge on any atom is 0.472 e. The number of carbonyl (C=O) groups excluding carboxylic acids is 4. The molecular weight excluding hydrogens is 1260 g/mol. The molecule has 19 heteroatoms. The fourth-order valence-corrected chi connectivity index (χ4v) is 13.2. The number of rotatable bonds is 74. The number of phosphoric acid groups is 2. The highest BCUT2D eigenvalue weighted by Gasteiger charge is 2.30. The Morgan fingerprint density at radius 1 is 0.292 bits per heavy atom. The van der Waals surface area contributed by atoms with Gasteiger partial charge in [0.2, 0.25) is 0 Å². The van der Waals surface area contributed by atoms with Gasteiger partial charge in [0.25, 0.3) is 0 Å². The molecule has 0 aromatic carbocycles. The quantitative estimate of drug-likeness (QED) is 0.0222. The first-order chi connectivity index (χ1) is 46.2. The standard InChI is InChI=1S/C77H150O17P2/c1-9-69(7)55-47-39-31-25-21-17-14-15-18-22-26-32-41-49-57-74(79)87-63-72(94-77(82)60-52-44-34-28-30-38-46-54-68(5)6)65-91-95(83,84)89-61-71(78)62-90-96(85,86)92-66-73(64-88-75(80)58-50-42-36-35-40-48-56-70(8)10-2)93-76(81)59-51-43-33-27-23-19-13-11-12-16-20-24-29-37-45-53-67(3)4/h67-73,78H,9-66H2,1-8H3,(H,83,84)(H,85,86)/t69?,70?,71-,72-,73-/m1/s1. The van der Waals surface area contributed by atoms with Crippen LogP contribution in [0.2, 0.25) is 0 Å². The third-order valence-electron chi connectivity index (χ3n) is 18.5. The second-order valence-electron chi connectivity index (χ2n) is 29.2. The van der Waals surface area contributed by atoms with Crippen LogP contribution in [0.5, 0.6) is 0 Å². The second kappa shape index (κ2) is 66.3. The number of hydrogen-bond acceptors (Lipinski definition) is 15. The Morgan fingerprint density at radius 3 is 0.740 bits per heavy atom. The number of aliphatic hydroxyl groups is 1. The number of ether oxygens (including phenoxy) is 4. The van der Waals surface area contributed by atoms with Gasteiger partial charge in [0.15, 0.2) is 12.2 Å². The van der Waals surface area contributed by atoms with Crippen LogP contribution in [0, 0.1) is 23.7 Å². The van der Waals surface area contributed by atoms with Crippen LogP contribution in [0.4, 0.5) is 0 Å². The van der Waals surface area contributed by atoms with E-state index in [1.807, 2.05) is 0 Å². The van der Waals surface area contributed by atoms with Gasteiger partial charge in [-0.2, -0.15) is 0 Å². The Morgan fingerprint density at radius 2 is 0.500 bits per heavy atom. The summed E-state index contributed by atoms with van der Waals surface area (Å²) in [6, 6.07) is 0. The van der Waals surface area contributed by atoms with E-state index in [0.717, 1.165) is 114 Å². The maximum absolute atomic E-state index is 13.1. The average Bonchev–Trinajstić information content (AvgIpc) is 1.81. The fraction of sp³-hybridized carbons (Fsp3) is 0.948. The van der Waals surface area contributed by atoms with Crippen LogP contribution in [0.3, 0.4) is 0 Å². The number of phosphoric ester groups is 2. The zero-order valence-corrected chi connectivity index (χ0v) is 64.8. The van der Waals surface area contributed by atoms with Gasteiger partial charge >= 0.3 is 39.5 Å². The second-order valence-corrected chi connectivity index (χ2v) is 32.1. The molecule has 570 valence electrons. The van der Waals surface area contributed by atoms with Gasteiger partial charge in [-0.15, -0.1) is 0 Å². The van der Waals surface area contributed by atoms with Crippen molar-refractivity contribution in [1.82, 2.24) is 0 Å². The van der Waals surface area contributed by atoms with Crippen molar-refractivity contribution in [2.75, 3.05) is 39.6 Å². The van der Waals surface area contributed by atoms with Gasteiger partial charge in [0.1, 0.15) is 19.3 Å². The molecule has 7 atom stereocenters. The number of carbonyl (C=O) groups is 4. The largest absolute Gasteiger partial charge is 0.472 e. The molecule has 4 unspecified atom stereocenters. The molecule has 0 amide bonds. The van der Waals surface area contributed by atoms with Crippen molar-refractivity contribution in [2.24, 2.45) is 23.7 Å². The highest BCUT2D eigenvalue weighted by molar-refractivity contribution is 7.47. The summed E-state index contributed by atoms with van der Waals surface area (Å²) in [6.07, 6.45) is 51.5. The van der Waals surface area contributed by atoms with Crippen molar-refractivity contribution < 1.29 is 80.2 Å². The van der Waals surface area contributed by atoms with Gasteiger partial charge in [-0.1, -0.05) is 338 Å². The van der Waals surface area contributed by atoms with E-state index in [-0.39, 0.29) is 25.7 Å². The molecule has 96 heavy (non-hydrogen) atoms. The van der Waals surface area contributed by atoms with E-state index in [9.17, 15) is 43.2 Å². The first-order valence-corrected chi connectivity index (χ1v) is 42.8. The molecule has 0 fully saturated rings. The van der Waals surface area contributed by atoms with Gasteiger partial charge in [0, 0.05) is 25.7 Å². The Balaban J connectivity index is 5.18. The molecule has 17 nitrogen and oxygen atoms in total. The monoisotopic (exact) mass is 1410 g/mol. The Hall–Kier alpha value is -1.94. The van der Waals surface area contributed by atoms with Crippen molar-refractivity contribution in [3.05, 3.63) is 0 Å². The highest BCUT2D eigenvalue weighted by atomic mass is 31.2. The van der Waals surface area contributed by atoms with Crippen LogP contribution in [0.1, 0.15) is 389 Å². The molecule has 0 bridgehead atoms. The Labute approximate surface area is 588 Å². The molecule has 0 rings (SSSR count). The van der Waals surface area contributed by atoms with Crippen LogP contribution in [-0.2, 0) is 65.4 Å². The summed E-state index contributed by atoms with van der Waals surface area (Å²) in [5.41, 5.74) is 0. The minimum atomic E-state index is -4.96. The van der Waals surface area contributed by atoms with Gasteiger partial charge in [-0.3, -0.25) is 37.3 Å². The summed E-state index contributed by atoms with van der Waals surface area (Å²) in [4.78, 5) is 72.8. The average molecular weight is 1410 g/mol. The zero-order valence-electron chi connectivity index (χ0n) is 63.0. The summed E-state index contributed by atoms with van der Waals surface area (Å²) >= 11 is 0. The zero-order chi connectivity index (χ0) is 71.0. The van der Waals surface area contributed by atoms with Crippen molar-refractivity contribution in [2.45, 2.75) is 408 Å². The first kappa shape index (κ1) is 94.1. The Bertz CT molecular complexity index is 1890. The van der Waals surface area contributed by atoms with Crippen LogP contribution in [-0.4, -0.2) is 96.7 Å². The van der Waals surface area contributed by atoms with Gasteiger partial charge in [0.05, 0.1) is 26.4 Å². The predicted molar refractivity (Wildman–Crippen MR) is 391 cm³/mol. The molecule has 0 aromatic heterocycles. The number of unbranched alkanes of at least 4 members (excludes halogenated alkanes) is 38. The van der Waals surface area contributed by atoms with Crippen LogP contribution >= 0.6 is 15.6 Å². The van der Waals surface area contributed by atoms with E-state index in [2.05, 4.69) is 55.4 Å². The molecule has 0 aliphatic rings. The highest BCUT2D eigenvalue weighted by Crippen LogP contribution is 2.45. The lowest BCUT2D eigenvalue weighted by atomic mass is 9.99. The van der Waals surface area contributed by atoms with E-state index in [0.29, 0.717) is 31.6 Å².